The SMILES string of the molecule is Cc1cc2nc(-c3cncn3C)cc(CCc3ccco3)c2cc1CCC#N. The third kappa shape index (κ3) is 3.54. The number of aryl methyl sites for hydroxylation is 5. The summed E-state index contributed by atoms with van der Waals surface area (Å²) < 4.78 is 7.50. The zero-order valence-electron chi connectivity index (χ0n) is 16.1. The Balaban J connectivity index is 1.82. The van der Waals surface area contributed by atoms with Crippen molar-refractivity contribution < 1.29 is 4.42 Å². The van der Waals surface area contributed by atoms with Gasteiger partial charge in [-0.1, -0.05) is 0 Å². The maximum atomic E-state index is 8.96. The van der Waals surface area contributed by atoms with Gasteiger partial charge in [-0.2, -0.15) is 5.26 Å². The molecule has 3 aromatic heterocycles. The number of rotatable bonds is 6. The van der Waals surface area contributed by atoms with Crippen LogP contribution in [0.15, 0.2) is 53.5 Å². The zero-order valence-corrected chi connectivity index (χ0v) is 16.1. The molecule has 140 valence electrons. The first-order chi connectivity index (χ1) is 13.7. The number of imidazole rings is 1. The molecule has 1 aromatic carbocycles. The van der Waals surface area contributed by atoms with Crippen LogP contribution in [0, 0.1) is 18.3 Å². The average molecular weight is 370 g/mol. The molecule has 0 aliphatic heterocycles. The van der Waals surface area contributed by atoms with E-state index in [0.717, 1.165) is 47.3 Å². The van der Waals surface area contributed by atoms with Crippen molar-refractivity contribution in [3.63, 3.8) is 0 Å². The third-order valence-electron chi connectivity index (χ3n) is 5.16. The quantitative estimate of drug-likeness (QED) is 0.490. The first-order valence-electron chi connectivity index (χ1n) is 9.45. The Hall–Kier alpha value is -3.39. The summed E-state index contributed by atoms with van der Waals surface area (Å²) in [5.74, 6) is 0.976. The van der Waals surface area contributed by atoms with Crippen LogP contribution in [0.3, 0.4) is 0 Å². The molecule has 0 bridgehead atoms. The van der Waals surface area contributed by atoms with Crippen LogP contribution >= 0.6 is 0 Å². The topological polar surface area (TPSA) is 67.6 Å². The molecule has 0 aliphatic carbocycles. The molecule has 0 spiro atoms. The van der Waals surface area contributed by atoms with E-state index in [4.69, 9.17) is 14.7 Å². The Kier molecular flexibility index (Phi) is 4.94. The fourth-order valence-electron chi connectivity index (χ4n) is 3.61. The Bertz CT molecular complexity index is 1150. The molecule has 0 atom stereocenters. The summed E-state index contributed by atoms with van der Waals surface area (Å²) >= 11 is 0. The Labute approximate surface area is 164 Å². The van der Waals surface area contributed by atoms with Crippen molar-refractivity contribution in [3.8, 4) is 17.5 Å². The lowest BCUT2D eigenvalue weighted by Crippen LogP contribution is -2.00. The fraction of sp³-hybridized carbons (Fsp3) is 0.261. The maximum Gasteiger partial charge on any atom is 0.104 e. The lowest BCUT2D eigenvalue weighted by molar-refractivity contribution is 0.509. The fourth-order valence-corrected chi connectivity index (χ4v) is 3.61. The first-order valence-corrected chi connectivity index (χ1v) is 9.45. The Morgan fingerprint density at radius 3 is 2.75 bits per heavy atom. The lowest BCUT2D eigenvalue weighted by Gasteiger charge is -2.13. The number of nitrogens with zero attached hydrogens (tertiary/aromatic N) is 4. The molecule has 0 unspecified atom stereocenters. The molecule has 0 saturated carbocycles. The highest BCUT2D eigenvalue weighted by Crippen LogP contribution is 2.28. The number of aromatic nitrogens is 3. The molecule has 5 heteroatoms. The third-order valence-corrected chi connectivity index (χ3v) is 5.16. The molecule has 3 heterocycles. The van der Waals surface area contributed by atoms with E-state index >= 15 is 0 Å². The van der Waals surface area contributed by atoms with Crippen molar-refractivity contribution in [2.75, 3.05) is 0 Å². The number of hydrogen-bond acceptors (Lipinski definition) is 4. The summed E-state index contributed by atoms with van der Waals surface area (Å²) in [6.07, 6.45) is 8.33. The van der Waals surface area contributed by atoms with E-state index in [0.29, 0.717) is 6.42 Å². The van der Waals surface area contributed by atoms with Crippen molar-refractivity contribution in [3.05, 3.63) is 71.6 Å². The van der Waals surface area contributed by atoms with Gasteiger partial charge in [0.1, 0.15) is 5.76 Å². The number of furan rings is 1. The summed E-state index contributed by atoms with van der Waals surface area (Å²) in [4.78, 5) is 9.15. The minimum atomic E-state index is 0.522. The summed E-state index contributed by atoms with van der Waals surface area (Å²) in [6, 6.07) is 12.7. The van der Waals surface area contributed by atoms with Gasteiger partial charge in [0, 0.05) is 25.3 Å². The minimum Gasteiger partial charge on any atom is -0.469 e. The van der Waals surface area contributed by atoms with Gasteiger partial charge in [-0.3, -0.25) is 0 Å². The van der Waals surface area contributed by atoms with Crippen molar-refractivity contribution >= 4 is 10.9 Å². The maximum absolute atomic E-state index is 8.96. The van der Waals surface area contributed by atoms with Gasteiger partial charge in [0.15, 0.2) is 0 Å². The van der Waals surface area contributed by atoms with Gasteiger partial charge in [-0.25, -0.2) is 9.97 Å². The molecule has 28 heavy (non-hydrogen) atoms. The molecule has 5 nitrogen and oxygen atoms in total. The van der Waals surface area contributed by atoms with E-state index < -0.39 is 0 Å². The highest BCUT2D eigenvalue weighted by Gasteiger charge is 2.13. The van der Waals surface area contributed by atoms with Crippen LogP contribution in [0.4, 0.5) is 0 Å². The molecule has 0 radical (unpaired) electrons. The van der Waals surface area contributed by atoms with Crippen LogP contribution < -0.4 is 0 Å². The van der Waals surface area contributed by atoms with Crippen LogP contribution in [0.5, 0.6) is 0 Å². The molecule has 0 saturated heterocycles. The van der Waals surface area contributed by atoms with Crippen LogP contribution in [0.2, 0.25) is 0 Å². The number of hydrogen-bond donors (Lipinski definition) is 0. The zero-order chi connectivity index (χ0) is 19.5. The molecule has 0 aliphatic rings. The van der Waals surface area contributed by atoms with E-state index in [1.807, 2.05) is 29.9 Å². The number of pyridine rings is 1. The Morgan fingerprint density at radius 2 is 2.04 bits per heavy atom. The van der Waals surface area contributed by atoms with Crippen LogP contribution in [0.25, 0.3) is 22.3 Å². The predicted octanol–water partition coefficient (Wildman–Crippen LogP) is 4.78. The van der Waals surface area contributed by atoms with Crippen LogP contribution in [-0.2, 0) is 26.3 Å². The summed E-state index contributed by atoms with van der Waals surface area (Å²) in [6.45, 7) is 2.09. The molecular weight excluding hydrogens is 348 g/mol. The van der Waals surface area contributed by atoms with Gasteiger partial charge < -0.3 is 8.98 Å². The van der Waals surface area contributed by atoms with Gasteiger partial charge in [-0.15, -0.1) is 0 Å². The minimum absolute atomic E-state index is 0.522. The molecule has 0 N–H and O–H groups in total. The second kappa shape index (κ2) is 7.69. The van der Waals surface area contributed by atoms with Crippen molar-refractivity contribution in [1.82, 2.24) is 14.5 Å². The van der Waals surface area contributed by atoms with Gasteiger partial charge in [0.25, 0.3) is 0 Å². The normalized spacial score (nSPS) is 11.0. The summed E-state index contributed by atoms with van der Waals surface area (Å²) in [5, 5.41) is 10.1. The van der Waals surface area contributed by atoms with Crippen LogP contribution in [-0.4, -0.2) is 14.5 Å². The second-order valence-electron chi connectivity index (χ2n) is 7.09. The summed E-state index contributed by atoms with van der Waals surface area (Å²) in [5.41, 5.74) is 6.51. The number of nitriles is 1. The molecule has 0 amide bonds. The van der Waals surface area contributed by atoms with Crippen molar-refractivity contribution in [2.45, 2.75) is 32.6 Å². The van der Waals surface area contributed by atoms with Gasteiger partial charge >= 0.3 is 0 Å². The van der Waals surface area contributed by atoms with Crippen molar-refractivity contribution in [2.24, 2.45) is 7.05 Å². The number of fused-ring (bicyclic) bond motifs is 1. The second-order valence-corrected chi connectivity index (χ2v) is 7.09. The molecule has 0 fully saturated rings. The first kappa shape index (κ1) is 18.0. The van der Waals surface area contributed by atoms with Crippen LogP contribution in [0.1, 0.15) is 28.9 Å². The van der Waals surface area contributed by atoms with Gasteiger partial charge in [0.05, 0.1) is 41.8 Å². The monoisotopic (exact) mass is 370 g/mol. The van der Waals surface area contributed by atoms with E-state index in [1.54, 1.807) is 12.6 Å². The molecule has 4 aromatic rings. The predicted molar refractivity (Wildman–Crippen MR) is 109 cm³/mol. The van der Waals surface area contributed by atoms with E-state index in [1.165, 1.54) is 16.7 Å². The highest BCUT2D eigenvalue weighted by atomic mass is 16.3. The molecular formula is C23H22N4O. The van der Waals surface area contributed by atoms with Gasteiger partial charge in [-0.05, 0) is 66.8 Å². The van der Waals surface area contributed by atoms with Gasteiger partial charge in [0.2, 0.25) is 0 Å². The van der Waals surface area contributed by atoms with E-state index in [9.17, 15) is 0 Å². The number of benzene rings is 1. The van der Waals surface area contributed by atoms with Crippen molar-refractivity contribution in [1.29, 1.82) is 5.26 Å². The largest absolute Gasteiger partial charge is 0.469 e. The highest BCUT2D eigenvalue weighted by molar-refractivity contribution is 5.86. The van der Waals surface area contributed by atoms with E-state index in [-0.39, 0.29) is 0 Å². The Morgan fingerprint density at radius 1 is 1.14 bits per heavy atom. The smallest absolute Gasteiger partial charge is 0.104 e. The van der Waals surface area contributed by atoms with E-state index in [2.05, 4.69) is 36.2 Å². The molecule has 4 rings (SSSR count). The average Bonchev–Trinajstić information content (AvgIpc) is 3.36. The lowest BCUT2D eigenvalue weighted by atomic mass is 9.96. The standard InChI is InChI=1S/C23H22N4O/c1-16-11-21-20(12-17(16)5-3-9-24)18(7-8-19-6-4-10-28-19)13-22(26-21)23-14-25-15-27(23)2/h4,6,10-15H,3,5,7-8H2,1-2H3. The summed E-state index contributed by atoms with van der Waals surface area (Å²) in [7, 11) is 1.98.